The van der Waals surface area contributed by atoms with Crippen LogP contribution in [0.3, 0.4) is 0 Å². The molecule has 2 rings (SSSR count). The van der Waals surface area contributed by atoms with Crippen molar-refractivity contribution >= 4 is 5.97 Å². The average Bonchev–Trinajstić information content (AvgIpc) is 2.81. The third kappa shape index (κ3) is 3.16. The van der Waals surface area contributed by atoms with Gasteiger partial charge in [0, 0.05) is 14.2 Å². The van der Waals surface area contributed by atoms with Gasteiger partial charge >= 0.3 is 5.97 Å². The first kappa shape index (κ1) is 14.9. The van der Waals surface area contributed by atoms with Crippen LogP contribution >= 0.6 is 0 Å². The van der Waals surface area contributed by atoms with Crippen LogP contribution in [0.2, 0.25) is 0 Å². The van der Waals surface area contributed by atoms with Crippen LogP contribution in [0.4, 0.5) is 0 Å². The molecule has 6 nitrogen and oxygen atoms in total. The number of rotatable bonds is 5. The molecule has 6 heteroatoms. The number of aliphatic hydroxyl groups excluding tert-OH is 1. The average molecular weight is 282 g/mol. The number of hydrogen-bond donors (Lipinski definition) is 1. The third-order valence-electron chi connectivity index (χ3n) is 3.19. The van der Waals surface area contributed by atoms with E-state index in [1.54, 1.807) is 24.3 Å². The lowest BCUT2D eigenvalue weighted by Crippen LogP contribution is -2.36. The van der Waals surface area contributed by atoms with Gasteiger partial charge in [0.2, 0.25) is 0 Å². The van der Waals surface area contributed by atoms with Gasteiger partial charge in [-0.3, -0.25) is 0 Å². The van der Waals surface area contributed by atoms with Crippen molar-refractivity contribution in [3.8, 4) is 0 Å². The first-order valence-electron chi connectivity index (χ1n) is 6.28. The maximum absolute atomic E-state index is 11.8. The second kappa shape index (κ2) is 6.81. The fourth-order valence-electron chi connectivity index (χ4n) is 2.10. The number of ether oxygens (including phenoxy) is 4. The molecule has 1 heterocycles. The largest absolute Gasteiger partial charge is 0.459 e. The summed E-state index contributed by atoms with van der Waals surface area (Å²) in [6.07, 6.45) is -2.85. The Kier molecular flexibility index (Phi) is 5.08. The lowest BCUT2D eigenvalue weighted by atomic mass is 10.1. The van der Waals surface area contributed by atoms with Gasteiger partial charge in [-0.1, -0.05) is 18.2 Å². The van der Waals surface area contributed by atoms with Crippen molar-refractivity contribution in [2.24, 2.45) is 0 Å². The highest BCUT2D eigenvalue weighted by molar-refractivity contribution is 5.89. The summed E-state index contributed by atoms with van der Waals surface area (Å²) in [5, 5.41) is 10.0. The molecule has 1 fully saturated rings. The summed E-state index contributed by atoms with van der Waals surface area (Å²) in [7, 11) is 2.92. The first-order chi connectivity index (χ1) is 9.67. The molecule has 1 aliphatic heterocycles. The second-order valence-corrected chi connectivity index (χ2v) is 4.43. The predicted octanol–water partition coefficient (Wildman–Crippen LogP) is 0.591. The van der Waals surface area contributed by atoms with Gasteiger partial charge in [0.1, 0.15) is 24.9 Å². The summed E-state index contributed by atoms with van der Waals surface area (Å²) in [5.74, 6) is -0.462. The molecular formula is C14H18O6. The van der Waals surface area contributed by atoms with Gasteiger partial charge < -0.3 is 24.1 Å². The Morgan fingerprint density at radius 2 is 1.95 bits per heavy atom. The van der Waals surface area contributed by atoms with E-state index in [0.717, 1.165) is 0 Å². The van der Waals surface area contributed by atoms with E-state index < -0.39 is 30.6 Å². The summed E-state index contributed by atoms with van der Waals surface area (Å²) in [6, 6.07) is 8.63. The number of benzene rings is 1. The van der Waals surface area contributed by atoms with Gasteiger partial charge in [0.05, 0.1) is 5.56 Å². The summed E-state index contributed by atoms with van der Waals surface area (Å²) >= 11 is 0. The van der Waals surface area contributed by atoms with Crippen molar-refractivity contribution in [3.63, 3.8) is 0 Å². The second-order valence-electron chi connectivity index (χ2n) is 4.43. The SMILES string of the molecule is COC1[C@@H](OC)O[C@H](COC(=O)c2ccccc2)[C@H]1O. The molecule has 0 aromatic heterocycles. The Labute approximate surface area is 117 Å². The molecule has 1 aromatic carbocycles. The van der Waals surface area contributed by atoms with Crippen molar-refractivity contribution in [2.45, 2.75) is 24.6 Å². The number of hydrogen-bond acceptors (Lipinski definition) is 6. The van der Waals surface area contributed by atoms with E-state index in [1.807, 2.05) is 6.07 Å². The van der Waals surface area contributed by atoms with Crippen LogP contribution in [0.5, 0.6) is 0 Å². The van der Waals surface area contributed by atoms with E-state index in [1.165, 1.54) is 14.2 Å². The molecule has 4 atom stereocenters. The van der Waals surface area contributed by atoms with Gasteiger partial charge in [-0.25, -0.2) is 4.79 Å². The van der Waals surface area contributed by atoms with Crippen LogP contribution < -0.4 is 0 Å². The topological polar surface area (TPSA) is 74.2 Å². The lowest BCUT2D eigenvalue weighted by molar-refractivity contribution is -0.159. The van der Waals surface area contributed by atoms with Crippen LogP contribution in [-0.4, -0.2) is 56.5 Å². The van der Waals surface area contributed by atoms with Crippen LogP contribution in [-0.2, 0) is 18.9 Å². The van der Waals surface area contributed by atoms with E-state index in [0.29, 0.717) is 5.56 Å². The Balaban J connectivity index is 1.90. The van der Waals surface area contributed by atoms with E-state index in [2.05, 4.69) is 0 Å². The van der Waals surface area contributed by atoms with Crippen molar-refractivity contribution in [3.05, 3.63) is 35.9 Å². The standard InChI is InChI=1S/C14H18O6/c1-17-12-11(15)10(20-14(12)18-2)8-19-13(16)9-6-4-3-5-7-9/h3-7,10-12,14-15H,8H2,1-2H3/t10-,11-,12?,14+/m1/s1. The van der Waals surface area contributed by atoms with Crippen molar-refractivity contribution in [1.82, 2.24) is 0 Å². The number of carbonyl (C=O) groups is 1. The number of carbonyl (C=O) groups excluding carboxylic acids is 1. The number of aliphatic hydroxyl groups is 1. The molecule has 0 amide bonds. The van der Waals surface area contributed by atoms with E-state index in [-0.39, 0.29) is 6.61 Å². The highest BCUT2D eigenvalue weighted by Gasteiger charge is 2.44. The molecule has 110 valence electrons. The highest BCUT2D eigenvalue weighted by atomic mass is 16.7. The Bertz CT molecular complexity index is 435. The predicted molar refractivity (Wildman–Crippen MR) is 69.2 cm³/mol. The minimum absolute atomic E-state index is 0.0609. The Hall–Kier alpha value is -1.47. The smallest absolute Gasteiger partial charge is 0.338 e. The van der Waals surface area contributed by atoms with Crippen molar-refractivity contribution < 1.29 is 28.8 Å². The van der Waals surface area contributed by atoms with Gasteiger partial charge in [-0.2, -0.15) is 0 Å². The molecule has 0 bridgehead atoms. The monoisotopic (exact) mass is 282 g/mol. The van der Waals surface area contributed by atoms with Crippen LogP contribution in [0.1, 0.15) is 10.4 Å². The summed E-state index contributed by atoms with van der Waals surface area (Å²) in [6.45, 7) is -0.0609. The van der Waals surface area contributed by atoms with Gasteiger partial charge in [0.15, 0.2) is 6.29 Å². The zero-order valence-electron chi connectivity index (χ0n) is 11.4. The van der Waals surface area contributed by atoms with Gasteiger partial charge in [0.25, 0.3) is 0 Å². The molecular weight excluding hydrogens is 264 g/mol. The molecule has 1 N–H and O–H groups in total. The highest BCUT2D eigenvalue weighted by Crippen LogP contribution is 2.24. The van der Waals surface area contributed by atoms with Crippen LogP contribution in [0.15, 0.2) is 30.3 Å². The minimum Gasteiger partial charge on any atom is -0.459 e. The Morgan fingerprint density at radius 3 is 2.50 bits per heavy atom. The summed E-state index contributed by atoms with van der Waals surface area (Å²) in [5.41, 5.74) is 0.451. The molecule has 1 aromatic rings. The van der Waals surface area contributed by atoms with Crippen LogP contribution in [0.25, 0.3) is 0 Å². The molecule has 1 aliphatic rings. The fourth-order valence-corrected chi connectivity index (χ4v) is 2.10. The number of esters is 1. The molecule has 0 saturated carbocycles. The lowest BCUT2D eigenvalue weighted by Gasteiger charge is -2.16. The van der Waals surface area contributed by atoms with E-state index in [4.69, 9.17) is 18.9 Å². The zero-order valence-corrected chi connectivity index (χ0v) is 11.4. The van der Waals surface area contributed by atoms with E-state index in [9.17, 15) is 9.90 Å². The molecule has 0 aliphatic carbocycles. The Morgan fingerprint density at radius 1 is 1.25 bits per heavy atom. The minimum atomic E-state index is -0.909. The normalized spacial score (nSPS) is 29.4. The maximum Gasteiger partial charge on any atom is 0.338 e. The zero-order chi connectivity index (χ0) is 14.5. The maximum atomic E-state index is 11.8. The molecule has 0 spiro atoms. The van der Waals surface area contributed by atoms with E-state index >= 15 is 0 Å². The fraction of sp³-hybridized carbons (Fsp3) is 0.500. The summed E-state index contributed by atoms with van der Waals surface area (Å²) in [4.78, 5) is 11.8. The molecule has 0 radical (unpaired) electrons. The molecule has 1 unspecified atom stereocenters. The quantitative estimate of drug-likeness (QED) is 0.797. The molecule has 20 heavy (non-hydrogen) atoms. The molecule has 1 saturated heterocycles. The summed E-state index contributed by atoms with van der Waals surface area (Å²) < 4.78 is 20.7. The first-order valence-corrected chi connectivity index (χ1v) is 6.28. The van der Waals surface area contributed by atoms with Gasteiger partial charge in [-0.15, -0.1) is 0 Å². The van der Waals surface area contributed by atoms with Crippen molar-refractivity contribution in [2.75, 3.05) is 20.8 Å². The van der Waals surface area contributed by atoms with Crippen molar-refractivity contribution in [1.29, 1.82) is 0 Å². The van der Waals surface area contributed by atoms with Crippen LogP contribution in [0, 0.1) is 0 Å². The number of methoxy groups -OCH3 is 2. The van der Waals surface area contributed by atoms with Gasteiger partial charge in [-0.05, 0) is 12.1 Å². The third-order valence-corrected chi connectivity index (χ3v) is 3.19.